The number of nitrogens with zero attached hydrogens (tertiary/aromatic N) is 2. The molecule has 0 atom stereocenters. The zero-order chi connectivity index (χ0) is 12.3. The van der Waals surface area contributed by atoms with E-state index in [9.17, 15) is 5.11 Å². The zero-order valence-corrected chi connectivity index (χ0v) is 9.72. The smallest absolute Gasteiger partial charge is 0.161 e. The molecule has 2 aromatic rings. The summed E-state index contributed by atoms with van der Waals surface area (Å²) < 4.78 is 0. The molecule has 1 heterocycles. The third-order valence-corrected chi connectivity index (χ3v) is 2.41. The number of benzene rings is 1. The lowest BCUT2D eigenvalue weighted by Gasteiger charge is -2.05. The number of anilines is 1. The van der Waals surface area contributed by atoms with Crippen molar-refractivity contribution in [2.45, 2.75) is 19.8 Å². The molecule has 0 amide bonds. The highest BCUT2D eigenvalue weighted by Gasteiger charge is 2.05. The average molecular weight is 229 g/mol. The topological polar surface area (TPSA) is 72.0 Å². The van der Waals surface area contributed by atoms with E-state index in [1.54, 1.807) is 24.3 Å². The summed E-state index contributed by atoms with van der Waals surface area (Å²) in [6.07, 6.45) is 1.88. The molecule has 17 heavy (non-hydrogen) atoms. The van der Waals surface area contributed by atoms with Gasteiger partial charge in [0.1, 0.15) is 11.6 Å². The minimum Gasteiger partial charge on any atom is -0.508 e. The number of phenols is 1. The van der Waals surface area contributed by atoms with Gasteiger partial charge in [-0.3, -0.25) is 0 Å². The summed E-state index contributed by atoms with van der Waals surface area (Å²) >= 11 is 0. The molecule has 0 unspecified atom stereocenters. The van der Waals surface area contributed by atoms with Crippen LogP contribution in [0, 0.1) is 0 Å². The summed E-state index contributed by atoms with van der Waals surface area (Å²) in [4.78, 5) is 8.62. The van der Waals surface area contributed by atoms with Crippen LogP contribution in [0.15, 0.2) is 30.3 Å². The number of phenolic OH excluding ortho intramolecular Hbond substituents is 1. The number of hydrogen-bond acceptors (Lipinski definition) is 4. The van der Waals surface area contributed by atoms with Crippen molar-refractivity contribution >= 4 is 5.82 Å². The van der Waals surface area contributed by atoms with Gasteiger partial charge in [0.25, 0.3) is 0 Å². The Hall–Kier alpha value is -2.10. The second-order valence-corrected chi connectivity index (χ2v) is 3.91. The Morgan fingerprint density at radius 1 is 1.24 bits per heavy atom. The molecule has 1 aromatic carbocycles. The van der Waals surface area contributed by atoms with Gasteiger partial charge in [0.2, 0.25) is 0 Å². The van der Waals surface area contributed by atoms with Crippen LogP contribution in [0.5, 0.6) is 5.75 Å². The van der Waals surface area contributed by atoms with Gasteiger partial charge in [0, 0.05) is 17.3 Å². The summed E-state index contributed by atoms with van der Waals surface area (Å²) in [5.74, 6) is 1.22. The maximum atomic E-state index is 9.43. The monoisotopic (exact) mass is 229 g/mol. The van der Waals surface area contributed by atoms with Crippen LogP contribution >= 0.6 is 0 Å². The van der Waals surface area contributed by atoms with E-state index in [-0.39, 0.29) is 5.75 Å². The van der Waals surface area contributed by atoms with Crippen molar-refractivity contribution in [3.63, 3.8) is 0 Å². The van der Waals surface area contributed by atoms with Gasteiger partial charge < -0.3 is 10.8 Å². The van der Waals surface area contributed by atoms with E-state index in [0.717, 1.165) is 24.1 Å². The molecule has 0 aliphatic carbocycles. The van der Waals surface area contributed by atoms with E-state index in [1.807, 2.05) is 6.07 Å². The van der Waals surface area contributed by atoms with Crippen LogP contribution in [0.3, 0.4) is 0 Å². The molecule has 0 aliphatic heterocycles. The third kappa shape index (κ3) is 2.72. The molecule has 4 nitrogen and oxygen atoms in total. The number of rotatable bonds is 3. The number of hydrogen-bond donors (Lipinski definition) is 2. The highest BCUT2D eigenvalue weighted by Crippen LogP contribution is 2.21. The molecule has 0 aliphatic rings. The molecule has 88 valence electrons. The molecule has 0 saturated heterocycles. The number of aromatic hydroxyl groups is 1. The van der Waals surface area contributed by atoms with Crippen molar-refractivity contribution in [1.82, 2.24) is 9.97 Å². The Kier molecular flexibility index (Phi) is 3.23. The standard InChI is InChI=1S/C13H15N3O/c1-2-4-10-8-12(14)16-13(15-10)9-5-3-6-11(17)7-9/h3,5-8,17H,2,4H2,1H3,(H2,14,15,16). The Bertz CT molecular complexity index is 526. The van der Waals surface area contributed by atoms with Crippen molar-refractivity contribution < 1.29 is 5.11 Å². The summed E-state index contributed by atoms with van der Waals surface area (Å²) in [5.41, 5.74) is 7.45. The summed E-state index contributed by atoms with van der Waals surface area (Å²) in [5, 5.41) is 9.43. The molecule has 2 rings (SSSR count). The zero-order valence-electron chi connectivity index (χ0n) is 9.72. The highest BCUT2D eigenvalue weighted by molar-refractivity contribution is 5.59. The van der Waals surface area contributed by atoms with Crippen molar-refractivity contribution in [2.24, 2.45) is 0 Å². The number of aryl methyl sites for hydroxylation is 1. The minimum absolute atomic E-state index is 0.200. The molecular formula is C13H15N3O. The van der Waals surface area contributed by atoms with E-state index < -0.39 is 0 Å². The molecule has 0 spiro atoms. The van der Waals surface area contributed by atoms with Crippen LogP contribution in [0.1, 0.15) is 19.0 Å². The lowest BCUT2D eigenvalue weighted by atomic mass is 10.2. The highest BCUT2D eigenvalue weighted by atomic mass is 16.3. The van der Waals surface area contributed by atoms with Gasteiger partial charge >= 0.3 is 0 Å². The first-order valence-electron chi connectivity index (χ1n) is 5.62. The quantitative estimate of drug-likeness (QED) is 0.847. The first-order chi connectivity index (χ1) is 8.19. The predicted molar refractivity (Wildman–Crippen MR) is 67.5 cm³/mol. The summed E-state index contributed by atoms with van der Waals surface area (Å²) in [7, 11) is 0. The lowest BCUT2D eigenvalue weighted by Crippen LogP contribution is -2.00. The number of aromatic nitrogens is 2. The average Bonchev–Trinajstić information content (AvgIpc) is 2.28. The fraction of sp³-hybridized carbons (Fsp3) is 0.231. The summed E-state index contributed by atoms with van der Waals surface area (Å²) in [6.45, 7) is 2.09. The first kappa shape index (κ1) is 11.4. The molecule has 0 fully saturated rings. The van der Waals surface area contributed by atoms with E-state index >= 15 is 0 Å². The number of nitrogens with two attached hydrogens (primary N) is 1. The number of nitrogen functional groups attached to an aromatic ring is 1. The van der Waals surface area contributed by atoms with E-state index in [4.69, 9.17) is 5.73 Å². The predicted octanol–water partition coefficient (Wildman–Crippen LogP) is 2.38. The van der Waals surface area contributed by atoms with Crippen molar-refractivity contribution in [3.8, 4) is 17.1 Å². The third-order valence-electron chi connectivity index (χ3n) is 2.41. The maximum Gasteiger partial charge on any atom is 0.161 e. The van der Waals surface area contributed by atoms with Crippen molar-refractivity contribution in [1.29, 1.82) is 0 Å². The molecule has 3 N–H and O–H groups in total. The van der Waals surface area contributed by atoms with Gasteiger partial charge in [-0.1, -0.05) is 25.5 Å². The second-order valence-electron chi connectivity index (χ2n) is 3.91. The van der Waals surface area contributed by atoms with E-state index in [1.165, 1.54) is 0 Å². The van der Waals surface area contributed by atoms with Gasteiger partial charge in [-0.15, -0.1) is 0 Å². The lowest BCUT2D eigenvalue weighted by molar-refractivity contribution is 0.475. The Morgan fingerprint density at radius 2 is 2.06 bits per heavy atom. The summed E-state index contributed by atoms with van der Waals surface area (Å²) in [6, 6.07) is 8.64. The SMILES string of the molecule is CCCc1cc(N)nc(-c2cccc(O)c2)n1. The van der Waals surface area contributed by atoms with Crippen molar-refractivity contribution in [3.05, 3.63) is 36.0 Å². The van der Waals surface area contributed by atoms with E-state index in [0.29, 0.717) is 11.6 Å². The molecule has 1 aromatic heterocycles. The maximum absolute atomic E-state index is 9.43. The van der Waals surface area contributed by atoms with Gasteiger partial charge in [-0.2, -0.15) is 0 Å². The van der Waals surface area contributed by atoms with Crippen LogP contribution in [0.25, 0.3) is 11.4 Å². The Morgan fingerprint density at radius 3 is 2.76 bits per heavy atom. The fourth-order valence-electron chi connectivity index (χ4n) is 1.68. The molecule has 0 bridgehead atoms. The molecular weight excluding hydrogens is 214 g/mol. The largest absolute Gasteiger partial charge is 0.508 e. The van der Waals surface area contributed by atoms with Crippen molar-refractivity contribution in [2.75, 3.05) is 5.73 Å². The van der Waals surface area contributed by atoms with Crippen LogP contribution in [-0.2, 0) is 6.42 Å². The minimum atomic E-state index is 0.200. The van der Waals surface area contributed by atoms with Crippen LogP contribution < -0.4 is 5.73 Å². The molecule has 4 heteroatoms. The van der Waals surface area contributed by atoms with Crippen LogP contribution in [-0.4, -0.2) is 15.1 Å². The van der Waals surface area contributed by atoms with Gasteiger partial charge in [-0.25, -0.2) is 9.97 Å². The molecule has 0 saturated carbocycles. The fourth-order valence-corrected chi connectivity index (χ4v) is 1.68. The van der Waals surface area contributed by atoms with Crippen LogP contribution in [0.4, 0.5) is 5.82 Å². The first-order valence-corrected chi connectivity index (χ1v) is 5.62. The normalized spacial score (nSPS) is 10.4. The second kappa shape index (κ2) is 4.82. The van der Waals surface area contributed by atoms with E-state index in [2.05, 4.69) is 16.9 Å². The van der Waals surface area contributed by atoms with Gasteiger partial charge in [0.05, 0.1) is 0 Å². The van der Waals surface area contributed by atoms with Gasteiger partial charge in [0.15, 0.2) is 5.82 Å². The van der Waals surface area contributed by atoms with Crippen LogP contribution in [0.2, 0.25) is 0 Å². The molecule has 0 radical (unpaired) electrons. The van der Waals surface area contributed by atoms with Gasteiger partial charge in [-0.05, 0) is 18.6 Å². The Labute approximate surface area is 100 Å². The Balaban J connectivity index is 2.44.